The predicted molar refractivity (Wildman–Crippen MR) is 125 cm³/mol. The van der Waals surface area contributed by atoms with Crippen LogP contribution in [0, 0.1) is 0 Å². The average molecular weight is 452 g/mol. The first-order valence-electron chi connectivity index (χ1n) is 10.6. The minimum Gasteiger partial charge on any atom is -0.493 e. The third-order valence-electron chi connectivity index (χ3n) is 5.72. The van der Waals surface area contributed by atoms with Gasteiger partial charge in [-0.15, -0.1) is 0 Å². The predicted octanol–water partition coefficient (Wildman–Crippen LogP) is 5.54. The van der Waals surface area contributed by atoms with Gasteiger partial charge in [0, 0.05) is 11.6 Å². The number of nitrogens with zero attached hydrogens (tertiary/aromatic N) is 1. The van der Waals surface area contributed by atoms with Gasteiger partial charge in [0.15, 0.2) is 11.5 Å². The Hall–Kier alpha value is -3.18. The summed E-state index contributed by atoms with van der Waals surface area (Å²) in [6, 6.07) is 18.7. The summed E-state index contributed by atoms with van der Waals surface area (Å²) in [4.78, 5) is 15.7. The molecule has 166 valence electrons. The van der Waals surface area contributed by atoms with Gasteiger partial charge in [0.2, 0.25) is 0 Å². The van der Waals surface area contributed by atoms with Crippen LogP contribution in [0.15, 0.2) is 60.7 Å². The molecule has 1 atom stereocenters. The van der Waals surface area contributed by atoms with Crippen LogP contribution in [0.5, 0.6) is 17.2 Å². The molecular weight excluding hydrogens is 426 g/mol. The molecule has 0 spiro atoms. The highest BCUT2D eigenvalue weighted by Crippen LogP contribution is 2.42. The summed E-state index contributed by atoms with van der Waals surface area (Å²) < 4.78 is 16.8. The van der Waals surface area contributed by atoms with Gasteiger partial charge in [0.1, 0.15) is 5.75 Å². The maximum Gasteiger partial charge on any atom is 0.258 e. The molecule has 3 aromatic carbocycles. The molecule has 1 amide bonds. The van der Waals surface area contributed by atoms with Crippen LogP contribution in [0.3, 0.4) is 0 Å². The lowest BCUT2D eigenvalue weighted by Gasteiger charge is -2.38. The Kier molecular flexibility index (Phi) is 6.56. The van der Waals surface area contributed by atoms with E-state index in [1.807, 2.05) is 72.5 Å². The fraction of sp³-hybridized carbons (Fsp3) is 0.269. The highest BCUT2D eigenvalue weighted by atomic mass is 35.5. The van der Waals surface area contributed by atoms with E-state index >= 15 is 0 Å². The number of hydrogen-bond donors (Lipinski definition) is 0. The molecule has 1 aliphatic rings. The van der Waals surface area contributed by atoms with Crippen molar-refractivity contribution >= 4 is 17.5 Å². The molecule has 0 unspecified atom stereocenters. The van der Waals surface area contributed by atoms with Gasteiger partial charge >= 0.3 is 0 Å². The van der Waals surface area contributed by atoms with Crippen molar-refractivity contribution < 1.29 is 19.0 Å². The van der Waals surface area contributed by atoms with Crippen molar-refractivity contribution in [3.63, 3.8) is 0 Å². The summed E-state index contributed by atoms with van der Waals surface area (Å²) in [5.41, 5.74) is 3.60. The van der Waals surface area contributed by atoms with Gasteiger partial charge in [-0.05, 0) is 66.4 Å². The van der Waals surface area contributed by atoms with Crippen LogP contribution in [0.2, 0.25) is 5.02 Å². The Labute approximate surface area is 193 Å². The van der Waals surface area contributed by atoms with Gasteiger partial charge in [0.25, 0.3) is 5.91 Å². The molecule has 0 aliphatic carbocycles. The summed E-state index contributed by atoms with van der Waals surface area (Å²) >= 11 is 6.34. The normalized spacial score (nSPS) is 15.1. The maximum absolute atomic E-state index is 13.8. The summed E-state index contributed by atoms with van der Waals surface area (Å²) in [5.74, 6) is 1.81. The Balaban J connectivity index is 1.86. The van der Waals surface area contributed by atoms with Crippen molar-refractivity contribution in [2.45, 2.75) is 19.4 Å². The quantitative estimate of drug-likeness (QED) is 0.493. The molecule has 0 aromatic heterocycles. The van der Waals surface area contributed by atoms with Crippen molar-refractivity contribution in [3.05, 3.63) is 87.9 Å². The van der Waals surface area contributed by atoms with Crippen LogP contribution in [-0.4, -0.2) is 38.2 Å². The molecule has 0 bridgehead atoms. The van der Waals surface area contributed by atoms with Gasteiger partial charge in [-0.25, -0.2) is 0 Å². The lowest BCUT2D eigenvalue weighted by molar-refractivity contribution is 0.0690. The van der Waals surface area contributed by atoms with E-state index < -0.39 is 0 Å². The molecule has 0 fully saturated rings. The fourth-order valence-electron chi connectivity index (χ4n) is 4.28. The first-order valence-corrected chi connectivity index (χ1v) is 11.0. The van der Waals surface area contributed by atoms with Crippen molar-refractivity contribution in [1.82, 2.24) is 4.90 Å². The van der Waals surface area contributed by atoms with Crippen molar-refractivity contribution in [1.29, 1.82) is 0 Å². The first-order chi connectivity index (χ1) is 15.6. The number of rotatable bonds is 6. The van der Waals surface area contributed by atoms with E-state index in [2.05, 4.69) is 0 Å². The number of methoxy groups -OCH3 is 2. The van der Waals surface area contributed by atoms with Crippen molar-refractivity contribution in [2.75, 3.05) is 27.4 Å². The first kappa shape index (κ1) is 22.0. The molecule has 5 nitrogen and oxygen atoms in total. The van der Waals surface area contributed by atoms with Gasteiger partial charge in [-0.1, -0.05) is 35.9 Å². The number of amides is 1. The lowest BCUT2D eigenvalue weighted by Crippen LogP contribution is -2.40. The van der Waals surface area contributed by atoms with E-state index in [0.717, 1.165) is 16.7 Å². The molecular formula is C26H26ClNO4. The van der Waals surface area contributed by atoms with Gasteiger partial charge < -0.3 is 19.1 Å². The Morgan fingerprint density at radius 2 is 1.75 bits per heavy atom. The molecule has 1 aliphatic heterocycles. The smallest absolute Gasteiger partial charge is 0.258 e. The summed E-state index contributed by atoms with van der Waals surface area (Å²) in [5, 5.41) is 0.622. The SMILES string of the molecule is CCOc1ccccc1C(=O)N1CCc2cc(OC)c(OC)cc2[C@H]1c1cccc(Cl)c1. The Morgan fingerprint density at radius 3 is 2.47 bits per heavy atom. The minimum absolute atomic E-state index is 0.0838. The largest absolute Gasteiger partial charge is 0.493 e. The summed E-state index contributed by atoms with van der Waals surface area (Å²) in [6.45, 7) is 2.95. The molecule has 0 saturated carbocycles. The van der Waals surface area contributed by atoms with Crippen LogP contribution >= 0.6 is 11.6 Å². The lowest BCUT2D eigenvalue weighted by atomic mass is 9.87. The number of benzene rings is 3. The van der Waals surface area contributed by atoms with Crippen LogP contribution < -0.4 is 14.2 Å². The molecule has 0 radical (unpaired) electrons. The molecule has 0 N–H and O–H groups in total. The van der Waals surface area contributed by atoms with E-state index in [9.17, 15) is 4.79 Å². The monoisotopic (exact) mass is 451 g/mol. The second-order valence-corrected chi connectivity index (χ2v) is 7.98. The zero-order chi connectivity index (χ0) is 22.7. The highest BCUT2D eigenvalue weighted by molar-refractivity contribution is 6.30. The van der Waals surface area contributed by atoms with Gasteiger partial charge in [0.05, 0.1) is 32.4 Å². The van der Waals surface area contributed by atoms with Crippen molar-refractivity contribution in [3.8, 4) is 17.2 Å². The van der Waals surface area contributed by atoms with E-state index in [1.54, 1.807) is 14.2 Å². The van der Waals surface area contributed by atoms with E-state index in [1.165, 1.54) is 0 Å². The molecule has 1 heterocycles. The number of para-hydroxylation sites is 1. The number of hydrogen-bond acceptors (Lipinski definition) is 4. The Morgan fingerprint density at radius 1 is 1.00 bits per heavy atom. The van der Waals surface area contributed by atoms with Crippen LogP contribution in [0.4, 0.5) is 0 Å². The van der Waals surface area contributed by atoms with Crippen LogP contribution in [-0.2, 0) is 6.42 Å². The summed E-state index contributed by atoms with van der Waals surface area (Å²) in [6.07, 6.45) is 0.704. The Bertz CT molecular complexity index is 1130. The third-order valence-corrected chi connectivity index (χ3v) is 5.95. The number of halogens is 1. The van der Waals surface area contributed by atoms with Crippen molar-refractivity contribution in [2.24, 2.45) is 0 Å². The van der Waals surface area contributed by atoms with Gasteiger partial charge in [-0.3, -0.25) is 4.79 Å². The number of fused-ring (bicyclic) bond motifs is 1. The topological polar surface area (TPSA) is 48.0 Å². The zero-order valence-electron chi connectivity index (χ0n) is 18.4. The summed E-state index contributed by atoms with van der Waals surface area (Å²) in [7, 11) is 3.24. The van der Waals surface area contributed by atoms with Gasteiger partial charge in [-0.2, -0.15) is 0 Å². The molecule has 0 saturated heterocycles. The minimum atomic E-state index is -0.320. The van der Waals surface area contributed by atoms with Crippen LogP contribution in [0.1, 0.15) is 40.0 Å². The maximum atomic E-state index is 13.8. The number of carbonyl (C=O) groups excluding carboxylic acids is 1. The third kappa shape index (κ3) is 4.13. The number of carbonyl (C=O) groups is 1. The standard InChI is InChI=1S/C26H26ClNO4/c1-4-32-22-11-6-5-10-20(22)26(29)28-13-12-17-15-23(30-2)24(31-3)16-21(17)25(28)18-8-7-9-19(27)14-18/h5-11,14-16,25H,4,12-13H2,1-3H3/t25-/m1/s1. The second kappa shape index (κ2) is 9.53. The molecule has 6 heteroatoms. The van der Waals surface area contributed by atoms with Crippen LogP contribution in [0.25, 0.3) is 0 Å². The number of ether oxygens (including phenoxy) is 3. The zero-order valence-corrected chi connectivity index (χ0v) is 19.2. The highest BCUT2D eigenvalue weighted by Gasteiger charge is 2.34. The molecule has 32 heavy (non-hydrogen) atoms. The average Bonchev–Trinajstić information content (AvgIpc) is 2.82. The second-order valence-electron chi connectivity index (χ2n) is 7.54. The molecule has 3 aromatic rings. The van der Waals surface area contributed by atoms with E-state index in [-0.39, 0.29) is 11.9 Å². The van der Waals surface area contributed by atoms with E-state index in [4.69, 9.17) is 25.8 Å². The van der Waals surface area contributed by atoms with E-state index in [0.29, 0.717) is 47.4 Å². The molecule has 4 rings (SSSR count). The fourth-order valence-corrected chi connectivity index (χ4v) is 4.48.